The Bertz CT molecular complexity index is 580. The Balaban J connectivity index is 1.72. The van der Waals surface area contributed by atoms with Crippen LogP contribution in [0.3, 0.4) is 0 Å². The van der Waals surface area contributed by atoms with Crippen LogP contribution in [0.4, 0.5) is 10.3 Å². The maximum absolute atomic E-state index is 13.1. The lowest BCUT2D eigenvalue weighted by Gasteiger charge is -2.34. The van der Waals surface area contributed by atoms with Crippen molar-refractivity contribution >= 4 is 11.6 Å². The summed E-state index contributed by atoms with van der Waals surface area (Å²) in [6.07, 6.45) is 6.05. The van der Waals surface area contributed by atoms with Gasteiger partial charge in [-0.15, -0.1) is 5.10 Å². The van der Waals surface area contributed by atoms with E-state index in [4.69, 9.17) is 0 Å². The number of hydrogen-bond donors (Lipinski definition) is 1. The molecule has 0 atom stereocenters. The van der Waals surface area contributed by atoms with Crippen LogP contribution in [0.15, 0.2) is 18.3 Å². The van der Waals surface area contributed by atoms with Gasteiger partial charge in [-0.3, -0.25) is 0 Å². The summed E-state index contributed by atoms with van der Waals surface area (Å²) in [5, 5.41) is 7.62. The molecule has 102 valence electrons. The van der Waals surface area contributed by atoms with Crippen LogP contribution in [0.25, 0.3) is 5.65 Å². The summed E-state index contributed by atoms with van der Waals surface area (Å²) in [5.41, 5.74) is 1.12. The minimum absolute atomic E-state index is 0.302. The van der Waals surface area contributed by atoms with Crippen molar-refractivity contribution in [2.45, 2.75) is 45.6 Å². The third-order valence-electron chi connectivity index (χ3n) is 3.97. The Hall–Kier alpha value is -1.65. The fraction of sp³-hybridized carbons (Fsp3) is 0.571. The van der Waals surface area contributed by atoms with E-state index in [9.17, 15) is 4.39 Å². The molecule has 0 bridgehead atoms. The Morgan fingerprint density at radius 3 is 2.79 bits per heavy atom. The molecule has 2 aromatic heterocycles. The van der Waals surface area contributed by atoms with E-state index in [1.165, 1.54) is 29.6 Å². The summed E-state index contributed by atoms with van der Waals surface area (Å²) < 4.78 is 14.6. The van der Waals surface area contributed by atoms with Gasteiger partial charge in [-0.05, 0) is 43.2 Å². The van der Waals surface area contributed by atoms with E-state index >= 15 is 0 Å². The maximum Gasteiger partial charge on any atom is 0.243 e. The number of halogens is 1. The predicted molar refractivity (Wildman–Crippen MR) is 72.6 cm³/mol. The molecule has 3 rings (SSSR count). The van der Waals surface area contributed by atoms with Crippen LogP contribution in [0.2, 0.25) is 0 Å². The van der Waals surface area contributed by atoms with Gasteiger partial charge in [0.2, 0.25) is 5.95 Å². The highest BCUT2D eigenvalue weighted by molar-refractivity contribution is 5.43. The molecule has 0 aromatic carbocycles. The minimum atomic E-state index is -0.302. The average Bonchev–Trinajstić information content (AvgIpc) is 2.73. The second-order valence-electron chi connectivity index (χ2n) is 6.17. The van der Waals surface area contributed by atoms with Crippen LogP contribution in [-0.2, 0) is 0 Å². The molecule has 2 aromatic rings. The van der Waals surface area contributed by atoms with Gasteiger partial charge in [-0.1, -0.05) is 13.8 Å². The molecule has 5 heteroatoms. The van der Waals surface area contributed by atoms with Crippen molar-refractivity contribution in [2.24, 2.45) is 5.41 Å². The number of fused-ring (bicyclic) bond motifs is 1. The van der Waals surface area contributed by atoms with Crippen LogP contribution in [0, 0.1) is 11.2 Å². The summed E-state index contributed by atoms with van der Waals surface area (Å²) >= 11 is 0. The topological polar surface area (TPSA) is 42.2 Å². The lowest BCUT2D eigenvalue weighted by atomic mass is 9.76. The average molecular weight is 262 g/mol. The minimum Gasteiger partial charge on any atom is -0.350 e. The zero-order valence-electron chi connectivity index (χ0n) is 11.4. The number of rotatable bonds is 2. The Kier molecular flexibility index (Phi) is 2.92. The van der Waals surface area contributed by atoms with Crippen LogP contribution < -0.4 is 5.32 Å². The predicted octanol–water partition coefficient (Wildman–Crippen LogP) is 3.25. The first-order chi connectivity index (χ1) is 9.02. The van der Waals surface area contributed by atoms with Crippen molar-refractivity contribution in [3.05, 3.63) is 24.1 Å². The molecule has 0 spiro atoms. The Labute approximate surface area is 112 Å². The highest BCUT2D eigenvalue weighted by Crippen LogP contribution is 2.35. The summed E-state index contributed by atoms with van der Waals surface area (Å²) in [6, 6.07) is 3.46. The Morgan fingerprint density at radius 2 is 2.05 bits per heavy atom. The number of aromatic nitrogens is 3. The molecule has 2 heterocycles. The number of nitrogens with one attached hydrogen (secondary N) is 1. The molecule has 0 amide bonds. The summed E-state index contributed by atoms with van der Waals surface area (Å²) in [6.45, 7) is 4.63. The van der Waals surface area contributed by atoms with Crippen LogP contribution >= 0.6 is 0 Å². The normalized spacial score (nSPS) is 19.7. The molecule has 1 fully saturated rings. The Morgan fingerprint density at radius 1 is 1.32 bits per heavy atom. The van der Waals surface area contributed by atoms with Gasteiger partial charge in [-0.2, -0.15) is 4.98 Å². The molecule has 1 aliphatic rings. The first-order valence-electron chi connectivity index (χ1n) is 6.80. The second-order valence-corrected chi connectivity index (χ2v) is 6.17. The molecule has 4 nitrogen and oxygen atoms in total. The quantitative estimate of drug-likeness (QED) is 0.903. The SMILES string of the molecule is CC1(C)CCC(Nc2nc3ccc(F)cn3n2)CC1. The van der Waals surface area contributed by atoms with Gasteiger partial charge >= 0.3 is 0 Å². The molecule has 0 saturated heterocycles. The maximum atomic E-state index is 13.1. The highest BCUT2D eigenvalue weighted by Gasteiger charge is 2.27. The van der Waals surface area contributed by atoms with Gasteiger partial charge in [0, 0.05) is 6.04 Å². The van der Waals surface area contributed by atoms with E-state index in [1.807, 2.05) is 0 Å². The monoisotopic (exact) mass is 262 g/mol. The standard InChI is InChI=1S/C14H19FN4/c1-14(2)7-5-11(6-8-14)16-13-17-12-4-3-10(15)9-19(12)18-13/h3-4,9,11H,5-8H2,1-2H3,(H,16,18). The summed E-state index contributed by atoms with van der Waals surface area (Å²) in [4.78, 5) is 4.36. The lowest BCUT2D eigenvalue weighted by Crippen LogP contribution is -2.30. The van der Waals surface area contributed by atoms with E-state index in [0.29, 0.717) is 23.1 Å². The van der Waals surface area contributed by atoms with Crippen LogP contribution in [-0.4, -0.2) is 20.6 Å². The van der Waals surface area contributed by atoms with Crippen molar-refractivity contribution in [1.82, 2.24) is 14.6 Å². The molecular weight excluding hydrogens is 243 g/mol. The zero-order valence-corrected chi connectivity index (χ0v) is 11.4. The van der Waals surface area contributed by atoms with E-state index in [0.717, 1.165) is 12.8 Å². The molecule has 1 N–H and O–H groups in total. The fourth-order valence-electron chi connectivity index (χ4n) is 2.65. The number of hydrogen-bond acceptors (Lipinski definition) is 3. The van der Waals surface area contributed by atoms with Gasteiger partial charge < -0.3 is 5.32 Å². The smallest absolute Gasteiger partial charge is 0.243 e. The number of nitrogens with zero attached hydrogens (tertiary/aromatic N) is 3. The van der Waals surface area contributed by atoms with E-state index in [1.54, 1.807) is 6.07 Å². The zero-order chi connectivity index (χ0) is 13.5. The van der Waals surface area contributed by atoms with Crippen LogP contribution in [0.1, 0.15) is 39.5 Å². The van der Waals surface area contributed by atoms with Crippen molar-refractivity contribution in [1.29, 1.82) is 0 Å². The highest BCUT2D eigenvalue weighted by atomic mass is 19.1. The van der Waals surface area contributed by atoms with Gasteiger partial charge in [-0.25, -0.2) is 8.91 Å². The van der Waals surface area contributed by atoms with Crippen molar-refractivity contribution in [2.75, 3.05) is 5.32 Å². The van der Waals surface area contributed by atoms with Gasteiger partial charge in [0.1, 0.15) is 5.82 Å². The molecule has 0 radical (unpaired) electrons. The van der Waals surface area contributed by atoms with E-state index in [2.05, 4.69) is 29.2 Å². The van der Waals surface area contributed by atoms with Crippen molar-refractivity contribution < 1.29 is 4.39 Å². The first-order valence-corrected chi connectivity index (χ1v) is 6.80. The van der Waals surface area contributed by atoms with Gasteiger partial charge in [0.25, 0.3) is 0 Å². The van der Waals surface area contributed by atoms with Crippen molar-refractivity contribution in [3.8, 4) is 0 Å². The first kappa shape index (κ1) is 12.4. The number of anilines is 1. The fourth-order valence-corrected chi connectivity index (χ4v) is 2.65. The number of pyridine rings is 1. The lowest BCUT2D eigenvalue weighted by molar-refractivity contribution is 0.232. The largest absolute Gasteiger partial charge is 0.350 e. The third-order valence-corrected chi connectivity index (χ3v) is 3.97. The van der Waals surface area contributed by atoms with Crippen LogP contribution in [0.5, 0.6) is 0 Å². The second kappa shape index (κ2) is 4.47. The molecule has 19 heavy (non-hydrogen) atoms. The van der Waals surface area contributed by atoms with E-state index in [-0.39, 0.29) is 5.82 Å². The molecule has 1 saturated carbocycles. The summed E-state index contributed by atoms with van der Waals surface area (Å²) in [7, 11) is 0. The van der Waals surface area contributed by atoms with E-state index < -0.39 is 0 Å². The third kappa shape index (κ3) is 2.69. The molecule has 0 unspecified atom stereocenters. The summed E-state index contributed by atoms with van der Waals surface area (Å²) in [5.74, 6) is 0.290. The molecular formula is C14H19FN4. The van der Waals surface area contributed by atoms with Crippen molar-refractivity contribution in [3.63, 3.8) is 0 Å². The van der Waals surface area contributed by atoms with Gasteiger partial charge in [0.15, 0.2) is 5.65 Å². The molecule has 1 aliphatic carbocycles. The molecule has 0 aliphatic heterocycles. The van der Waals surface area contributed by atoms with Gasteiger partial charge in [0.05, 0.1) is 6.20 Å².